The Hall–Kier alpha value is -3.11. The molecule has 0 spiro atoms. The fourth-order valence-electron chi connectivity index (χ4n) is 3.35. The molecular formula is C25H21Cl3N2O6S. The summed E-state index contributed by atoms with van der Waals surface area (Å²) in [6.07, 6.45) is 1.09. The Morgan fingerprint density at radius 3 is 2.05 bits per heavy atom. The minimum atomic E-state index is -3.51. The lowest BCUT2D eigenvalue weighted by atomic mass is 10.0. The van der Waals surface area contributed by atoms with E-state index in [4.69, 9.17) is 39.5 Å². The van der Waals surface area contributed by atoms with Gasteiger partial charge in [0.15, 0.2) is 9.84 Å². The van der Waals surface area contributed by atoms with Crippen molar-refractivity contribution in [3.05, 3.63) is 92.4 Å². The van der Waals surface area contributed by atoms with Gasteiger partial charge in [-0.05, 0) is 48.0 Å². The number of carbonyl (C=O) groups is 3. The van der Waals surface area contributed by atoms with Crippen molar-refractivity contribution in [1.82, 2.24) is 5.32 Å². The quantitative estimate of drug-likeness (QED) is 0.367. The smallest absolute Gasteiger partial charge is 0.328 e. The van der Waals surface area contributed by atoms with Gasteiger partial charge >= 0.3 is 5.97 Å². The third-order valence-corrected chi connectivity index (χ3v) is 7.30. The average Bonchev–Trinajstić information content (AvgIpc) is 2.83. The minimum absolute atomic E-state index is 0.000682. The number of rotatable bonds is 8. The lowest BCUT2D eigenvalue weighted by Gasteiger charge is -2.17. The zero-order valence-corrected chi connectivity index (χ0v) is 22.6. The first kappa shape index (κ1) is 28.5. The molecule has 1 atom stereocenters. The third-order valence-electron chi connectivity index (χ3n) is 5.25. The number of sulfone groups is 1. The van der Waals surface area contributed by atoms with E-state index in [0.29, 0.717) is 11.3 Å². The third kappa shape index (κ3) is 7.23. The Bertz CT molecular complexity index is 1440. The molecule has 0 heterocycles. The fourth-order valence-corrected chi connectivity index (χ4v) is 4.90. The molecule has 194 valence electrons. The monoisotopic (exact) mass is 582 g/mol. The SMILES string of the molecule is COC(=O)[C@H](Cc1ccc(NC(=O)c2c(Cl)cccc2Cl)cc1)NC(=O)c1ccc(S(C)(=O)=O)cc1Cl. The highest BCUT2D eigenvalue weighted by Crippen LogP contribution is 2.26. The van der Waals surface area contributed by atoms with E-state index in [2.05, 4.69) is 10.6 Å². The van der Waals surface area contributed by atoms with Crippen LogP contribution in [-0.4, -0.2) is 45.6 Å². The Kier molecular flexibility index (Phi) is 9.20. The van der Waals surface area contributed by atoms with E-state index in [-0.39, 0.29) is 37.5 Å². The van der Waals surface area contributed by atoms with Crippen molar-refractivity contribution in [1.29, 1.82) is 0 Å². The molecule has 2 amide bonds. The molecule has 0 bridgehead atoms. The number of anilines is 1. The van der Waals surface area contributed by atoms with E-state index in [1.54, 1.807) is 42.5 Å². The minimum Gasteiger partial charge on any atom is -0.467 e. The van der Waals surface area contributed by atoms with Crippen molar-refractivity contribution in [2.45, 2.75) is 17.4 Å². The number of hydrogen-bond acceptors (Lipinski definition) is 6. The summed E-state index contributed by atoms with van der Waals surface area (Å²) < 4.78 is 28.2. The molecule has 0 saturated carbocycles. The Balaban J connectivity index is 1.73. The van der Waals surface area contributed by atoms with Gasteiger partial charge in [-0.1, -0.05) is 53.0 Å². The first-order valence-corrected chi connectivity index (χ1v) is 13.7. The van der Waals surface area contributed by atoms with E-state index in [9.17, 15) is 22.8 Å². The van der Waals surface area contributed by atoms with Crippen molar-refractivity contribution < 1.29 is 27.5 Å². The number of methoxy groups -OCH3 is 1. The highest BCUT2D eigenvalue weighted by Gasteiger charge is 2.24. The van der Waals surface area contributed by atoms with E-state index < -0.39 is 33.7 Å². The molecule has 3 aromatic rings. The summed E-state index contributed by atoms with van der Waals surface area (Å²) in [6, 6.07) is 13.9. The molecule has 0 aliphatic heterocycles. The molecule has 12 heteroatoms. The molecule has 3 rings (SSSR count). The maximum Gasteiger partial charge on any atom is 0.328 e. The second kappa shape index (κ2) is 12.0. The van der Waals surface area contributed by atoms with E-state index in [0.717, 1.165) is 6.26 Å². The van der Waals surface area contributed by atoms with Crippen LogP contribution in [0.15, 0.2) is 65.6 Å². The van der Waals surface area contributed by atoms with Crippen LogP contribution in [0.1, 0.15) is 26.3 Å². The number of hydrogen-bond donors (Lipinski definition) is 2. The Morgan fingerprint density at radius 1 is 0.892 bits per heavy atom. The summed E-state index contributed by atoms with van der Waals surface area (Å²) in [6.45, 7) is 0. The van der Waals surface area contributed by atoms with Crippen LogP contribution in [0.25, 0.3) is 0 Å². The summed E-state index contributed by atoms with van der Waals surface area (Å²) in [4.78, 5) is 37.7. The van der Waals surface area contributed by atoms with Gasteiger partial charge in [0.1, 0.15) is 6.04 Å². The highest BCUT2D eigenvalue weighted by atomic mass is 35.5. The number of esters is 1. The summed E-state index contributed by atoms with van der Waals surface area (Å²) >= 11 is 18.3. The molecule has 0 radical (unpaired) electrons. The van der Waals surface area contributed by atoms with Crippen LogP contribution in [0, 0.1) is 0 Å². The van der Waals surface area contributed by atoms with Crippen molar-refractivity contribution in [2.75, 3.05) is 18.7 Å². The Morgan fingerprint density at radius 2 is 1.51 bits per heavy atom. The highest BCUT2D eigenvalue weighted by molar-refractivity contribution is 7.90. The lowest BCUT2D eigenvalue weighted by Crippen LogP contribution is -2.43. The van der Waals surface area contributed by atoms with Gasteiger partial charge in [0, 0.05) is 18.4 Å². The molecule has 3 aromatic carbocycles. The van der Waals surface area contributed by atoms with Gasteiger partial charge in [0.05, 0.1) is 38.2 Å². The van der Waals surface area contributed by atoms with Crippen molar-refractivity contribution in [3.8, 4) is 0 Å². The topological polar surface area (TPSA) is 119 Å². The lowest BCUT2D eigenvalue weighted by molar-refractivity contribution is -0.142. The van der Waals surface area contributed by atoms with Gasteiger partial charge in [0.2, 0.25) is 0 Å². The van der Waals surface area contributed by atoms with Gasteiger partial charge in [-0.3, -0.25) is 9.59 Å². The zero-order chi connectivity index (χ0) is 27.3. The summed E-state index contributed by atoms with van der Waals surface area (Å²) in [7, 11) is -2.32. The summed E-state index contributed by atoms with van der Waals surface area (Å²) in [5.74, 6) is -1.86. The number of halogens is 3. The number of carbonyl (C=O) groups excluding carboxylic acids is 3. The first-order chi connectivity index (χ1) is 17.4. The predicted octanol–water partition coefficient (Wildman–Crippen LogP) is 4.82. The van der Waals surface area contributed by atoms with Crippen LogP contribution < -0.4 is 10.6 Å². The van der Waals surface area contributed by atoms with E-state index in [1.807, 2.05) is 0 Å². The van der Waals surface area contributed by atoms with Crippen LogP contribution in [-0.2, 0) is 25.8 Å². The van der Waals surface area contributed by atoms with E-state index in [1.165, 1.54) is 25.3 Å². The van der Waals surface area contributed by atoms with Gasteiger partial charge in [-0.25, -0.2) is 13.2 Å². The normalized spacial score (nSPS) is 11.9. The molecule has 2 N–H and O–H groups in total. The van der Waals surface area contributed by atoms with E-state index >= 15 is 0 Å². The number of amides is 2. The maximum absolute atomic E-state index is 12.8. The van der Waals surface area contributed by atoms with Gasteiger partial charge in [0.25, 0.3) is 11.8 Å². The van der Waals surface area contributed by atoms with Crippen LogP contribution in [0.5, 0.6) is 0 Å². The van der Waals surface area contributed by atoms with Crippen LogP contribution in [0.2, 0.25) is 15.1 Å². The second-order valence-corrected chi connectivity index (χ2v) is 11.2. The Labute approximate surface area is 228 Å². The van der Waals surface area contributed by atoms with Crippen LogP contribution in [0.3, 0.4) is 0 Å². The predicted molar refractivity (Wildman–Crippen MR) is 142 cm³/mol. The molecule has 0 aromatic heterocycles. The molecule has 0 unspecified atom stereocenters. The molecule has 0 aliphatic rings. The number of benzene rings is 3. The second-order valence-electron chi connectivity index (χ2n) is 7.91. The average molecular weight is 584 g/mol. The van der Waals surface area contributed by atoms with Crippen molar-refractivity contribution >= 4 is 68.1 Å². The van der Waals surface area contributed by atoms with Crippen molar-refractivity contribution in [2.24, 2.45) is 0 Å². The standard InChI is InChI=1S/C25H21Cl3N2O6S/c1-36-25(33)21(30-23(31)17-11-10-16(13-20(17)28)37(2,34)35)12-14-6-8-15(9-7-14)29-24(32)22-18(26)4-3-5-19(22)27/h3-11,13,21H,12H2,1-2H3,(H,29,32)(H,30,31)/t21-/m0/s1. The number of nitrogens with one attached hydrogen (secondary N) is 2. The van der Waals surface area contributed by atoms with Crippen LogP contribution >= 0.6 is 34.8 Å². The number of ether oxygens (including phenoxy) is 1. The summed E-state index contributed by atoms with van der Waals surface area (Å²) in [5, 5.41) is 5.61. The van der Waals surface area contributed by atoms with Gasteiger partial charge < -0.3 is 15.4 Å². The largest absolute Gasteiger partial charge is 0.467 e. The molecule has 8 nitrogen and oxygen atoms in total. The molecule has 0 fully saturated rings. The first-order valence-electron chi connectivity index (χ1n) is 10.6. The molecular weight excluding hydrogens is 563 g/mol. The van der Waals surface area contributed by atoms with Crippen LogP contribution in [0.4, 0.5) is 5.69 Å². The zero-order valence-electron chi connectivity index (χ0n) is 19.5. The fraction of sp³-hybridized carbons (Fsp3) is 0.160. The molecule has 0 aliphatic carbocycles. The summed E-state index contributed by atoms with van der Waals surface area (Å²) in [5.41, 5.74) is 1.26. The maximum atomic E-state index is 12.8. The molecule has 37 heavy (non-hydrogen) atoms. The molecule has 0 saturated heterocycles. The van der Waals surface area contributed by atoms with Gasteiger partial charge in [-0.2, -0.15) is 0 Å². The van der Waals surface area contributed by atoms with Gasteiger partial charge in [-0.15, -0.1) is 0 Å². The van der Waals surface area contributed by atoms with Crippen molar-refractivity contribution in [3.63, 3.8) is 0 Å².